The molecular weight excluding hydrogens is 210 g/mol. The van der Waals surface area contributed by atoms with Crippen LogP contribution in [0.2, 0.25) is 0 Å². The third-order valence-electron chi connectivity index (χ3n) is 1.69. The van der Waals surface area contributed by atoms with Crippen molar-refractivity contribution < 1.29 is 19.1 Å². The number of nitrogens with zero attached hydrogens (tertiary/aromatic N) is 1. The molecule has 0 saturated carbocycles. The lowest BCUT2D eigenvalue weighted by molar-refractivity contribution is -0.145. The fraction of sp³-hybridized carbons (Fsp3) is 0.818. The Morgan fingerprint density at radius 1 is 1.25 bits per heavy atom. The van der Waals surface area contributed by atoms with Crippen LogP contribution in [-0.2, 0) is 14.3 Å². The van der Waals surface area contributed by atoms with Gasteiger partial charge in [-0.2, -0.15) is 0 Å². The van der Waals surface area contributed by atoms with Crippen LogP contribution in [0.4, 0.5) is 4.79 Å². The van der Waals surface area contributed by atoms with Gasteiger partial charge < -0.3 is 14.4 Å². The molecule has 0 bridgehead atoms. The van der Waals surface area contributed by atoms with Crippen LogP contribution < -0.4 is 0 Å². The molecule has 0 heterocycles. The first-order valence-corrected chi connectivity index (χ1v) is 5.50. The van der Waals surface area contributed by atoms with Crippen LogP contribution in [-0.4, -0.2) is 43.8 Å². The molecular formula is C11H21NO4. The molecule has 0 unspecified atom stereocenters. The molecule has 0 rings (SSSR count). The van der Waals surface area contributed by atoms with E-state index < -0.39 is 12.1 Å². The molecule has 0 radical (unpaired) electrons. The Bertz CT molecular complexity index is 228. The van der Waals surface area contributed by atoms with E-state index in [1.165, 1.54) is 11.9 Å². The molecule has 0 atom stereocenters. The molecule has 0 N–H and O–H groups in total. The summed E-state index contributed by atoms with van der Waals surface area (Å²) < 4.78 is 9.80. The minimum atomic E-state index is -0.497. The first-order chi connectivity index (χ1) is 7.47. The highest BCUT2D eigenvalue weighted by Crippen LogP contribution is 1.96. The molecule has 1 amide bonds. The summed E-state index contributed by atoms with van der Waals surface area (Å²) >= 11 is 0. The first-order valence-electron chi connectivity index (χ1n) is 5.50. The number of esters is 1. The molecule has 5 nitrogen and oxygen atoms in total. The van der Waals surface area contributed by atoms with Gasteiger partial charge in [-0.05, 0) is 12.3 Å². The average molecular weight is 231 g/mol. The van der Waals surface area contributed by atoms with Gasteiger partial charge in [0, 0.05) is 7.05 Å². The fourth-order valence-corrected chi connectivity index (χ4v) is 0.863. The zero-order chi connectivity index (χ0) is 12.6. The van der Waals surface area contributed by atoms with Gasteiger partial charge in [0.2, 0.25) is 0 Å². The summed E-state index contributed by atoms with van der Waals surface area (Å²) in [5.74, 6) is -0.119. The summed E-state index contributed by atoms with van der Waals surface area (Å²) in [5, 5.41) is 0. The SMILES string of the molecule is CCCOC(=O)N(C)CC(=O)OCC(C)C. The van der Waals surface area contributed by atoms with Crippen molar-refractivity contribution in [2.45, 2.75) is 27.2 Å². The summed E-state index contributed by atoms with van der Waals surface area (Å²) in [5.41, 5.74) is 0. The molecule has 0 saturated heterocycles. The number of amides is 1. The van der Waals surface area contributed by atoms with Gasteiger partial charge in [-0.15, -0.1) is 0 Å². The summed E-state index contributed by atoms with van der Waals surface area (Å²) in [7, 11) is 1.51. The van der Waals surface area contributed by atoms with Crippen LogP contribution in [0.15, 0.2) is 0 Å². The summed E-state index contributed by atoms with van der Waals surface area (Å²) in [6.45, 7) is 6.47. The largest absolute Gasteiger partial charge is 0.464 e. The van der Waals surface area contributed by atoms with E-state index >= 15 is 0 Å². The molecule has 0 aliphatic rings. The van der Waals surface area contributed by atoms with Crippen LogP contribution in [0, 0.1) is 5.92 Å². The monoisotopic (exact) mass is 231 g/mol. The second-order valence-electron chi connectivity index (χ2n) is 4.05. The molecule has 16 heavy (non-hydrogen) atoms. The van der Waals surface area contributed by atoms with Gasteiger partial charge in [0.1, 0.15) is 6.54 Å². The van der Waals surface area contributed by atoms with Crippen molar-refractivity contribution >= 4 is 12.1 Å². The molecule has 0 aromatic heterocycles. The van der Waals surface area contributed by atoms with Gasteiger partial charge in [-0.3, -0.25) is 4.79 Å². The van der Waals surface area contributed by atoms with E-state index in [1.54, 1.807) is 0 Å². The summed E-state index contributed by atoms with van der Waals surface area (Å²) in [6.07, 6.45) is 0.264. The molecule has 0 aromatic carbocycles. The van der Waals surface area contributed by atoms with Crippen LogP contribution in [0.5, 0.6) is 0 Å². The van der Waals surface area contributed by atoms with Crippen molar-refractivity contribution in [3.8, 4) is 0 Å². The number of carbonyl (C=O) groups excluding carboxylic acids is 2. The van der Waals surface area contributed by atoms with Crippen molar-refractivity contribution in [1.82, 2.24) is 4.90 Å². The quantitative estimate of drug-likeness (QED) is 0.652. The Morgan fingerprint density at radius 2 is 1.88 bits per heavy atom. The van der Waals surface area contributed by atoms with E-state index in [2.05, 4.69) is 0 Å². The Balaban J connectivity index is 3.80. The average Bonchev–Trinajstić information content (AvgIpc) is 2.22. The maximum atomic E-state index is 11.3. The highest BCUT2D eigenvalue weighted by atomic mass is 16.6. The number of ether oxygens (including phenoxy) is 2. The van der Waals surface area contributed by atoms with Crippen LogP contribution in [0.25, 0.3) is 0 Å². The summed E-state index contributed by atoms with van der Waals surface area (Å²) in [4.78, 5) is 23.7. The van der Waals surface area contributed by atoms with Gasteiger partial charge >= 0.3 is 12.1 Å². The minimum Gasteiger partial charge on any atom is -0.464 e. The van der Waals surface area contributed by atoms with Crippen molar-refractivity contribution in [3.63, 3.8) is 0 Å². The van der Waals surface area contributed by atoms with Gasteiger partial charge in [0.25, 0.3) is 0 Å². The summed E-state index contributed by atoms with van der Waals surface area (Å²) in [6, 6.07) is 0. The van der Waals surface area contributed by atoms with E-state index in [4.69, 9.17) is 9.47 Å². The predicted octanol–water partition coefficient (Wildman–Crippen LogP) is 1.66. The van der Waals surface area contributed by atoms with E-state index in [9.17, 15) is 9.59 Å². The standard InChI is InChI=1S/C11H21NO4/c1-5-6-15-11(14)12(4)7-10(13)16-8-9(2)3/h9H,5-8H2,1-4H3. The third kappa shape index (κ3) is 7.09. The Morgan fingerprint density at radius 3 is 2.38 bits per heavy atom. The fourth-order valence-electron chi connectivity index (χ4n) is 0.863. The Labute approximate surface area is 96.7 Å². The smallest absolute Gasteiger partial charge is 0.410 e. The maximum absolute atomic E-state index is 11.3. The van der Waals surface area contributed by atoms with Crippen LogP contribution in [0.3, 0.4) is 0 Å². The van der Waals surface area contributed by atoms with Crippen LogP contribution >= 0.6 is 0 Å². The third-order valence-corrected chi connectivity index (χ3v) is 1.69. The molecule has 0 aromatic rings. The second-order valence-corrected chi connectivity index (χ2v) is 4.05. The van der Waals surface area contributed by atoms with E-state index in [0.717, 1.165) is 6.42 Å². The van der Waals surface area contributed by atoms with Crippen molar-refractivity contribution in [2.75, 3.05) is 26.8 Å². The van der Waals surface area contributed by atoms with E-state index in [1.807, 2.05) is 20.8 Å². The zero-order valence-corrected chi connectivity index (χ0v) is 10.5. The molecule has 0 fully saturated rings. The van der Waals surface area contributed by atoms with Crippen molar-refractivity contribution in [1.29, 1.82) is 0 Å². The van der Waals surface area contributed by atoms with Gasteiger partial charge in [-0.25, -0.2) is 4.79 Å². The number of likely N-dealkylation sites (N-methyl/N-ethyl adjacent to an activating group) is 1. The molecule has 94 valence electrons. The van der Waals surface area contributed by atoms with Gasteiger partial charge in [0.15, 0.2) is 0 Å². The molecule has 0 spiro atoms. The lowest BCUT2D eigenvalue weighted by atomic mass is 10.2. The number of hydrogen-bond donors (Lipinski definition) is 0. The van der Waals surface area contributed by atoms with Gasteiger partial charge in [0.05, 0.1) is 13.2 Å². The minimum absolute atomic E-state index is 0.0741. The topological polar surface area (TPSA) is 55.8 Å². The normalized spacial score (nSPS) is 10.1. The highest BCUT2D eigenvalue weighted by Gasteiger charge is 2.14. The Kier molecular flexibility index (Phi) is 7.33. The second kappa shape index (κ2) is 7.96. The zero-order valence-electron chi connectivity index (χ0n) is 10.5. The predicted molar refractivity (Wildman–Crippen MR) is 60.1 cm³/mol. The molecule has 0 aliphatic heterocycles. The lowest BCUT2D eigenvalue weighted by Crippen LogP contribution is -2.34. The highest BCUT2D eigenvalue weighted by molar-refractivity contribution is 5.77. The van der Waals surface area contributed by atoms with Crippen LogP contribution in [0.1, 0.15) is 27.2 Å². The van der Waals surface area contributed by atoms with E-state index in [-0.39, 0.29) is 6.54 Å². The Hall–Kier alpha value is -1.26. The van der Waals surface area contributed by atoms with Crippen molar-refractivity contribution in [3.05, 3.63) is 0 Å². The van der Waals surface area contributed by atoms with Crippen molar-refractivity contribution in [2.24, 2.45) is 5.92 Å². The lowest BCUT2D eigenvalue weighted by Gasteiger charge is -2.16. The first kappa shape index (κ1) is 14.7. The molecule has 0 aliphatic carbocycles. The number of carbonyl (C=O) groups is 2. The maximum Gasteiger partial charge on any atom is 0.410 e. The number of hydrogen-bond acceptors (Lipinski definition) is 4. The molecule has 5 heteroatoms. The number of rotatable bonds is 6. The van der Waals surface area contributed by atoms with Gasteiger partial charge in [-0.1, -0.05) is 20.8 Å². The van der Waals surface area contributed by atoms with E-state index in [0.29, 0.717) is 19.1 Å².